The van der Waals surface area contributed by atoms with E-state index in [1.165, 1.54) is 7.11 Å². The van der Waals surface area contributed by atoms with E-state index in [9.17, 15) is 13.2 Å². The van der Waals surface area contributed by atoms with Crippen LogP contribution in [-0.4, -0.2) is 19.3 Å². The molecule has 90 valence electrons. The summed E-state index contributed by atoms with van der Waals surface area (Å²) < 4.78 is 41.4. The Morgan fingerprint density at radius 3 is 2.62 bits per heavy atom. The zero-order valence-corrected chi connectivity index (χ0v) is 8.92. The van der Waals surface area contributed by atoms with Gasteiger partial charge in [0.05, 0.1) is 7.11 Å². The molecule has 2 N–H and O–H groups in total. The Balaban J connectivity index is 2.54. The van der Waals surface area contributed by atoms with Crippen molar-refractivity contribution in [3.8, 4) is 5.75 Å². The first-order chi connectivity index (χ1) is 7.43. The number of benzene rings is 1. The minimum Gasteiger partial charge on any atom is -0.497 e. The van der Waals surface area contributed by atoms with Gasteiger partial charge >= 0.3 is 6.18 Å². The van der Waals surface area contributed by atoms with Crippen LogP contribution in [0.3, 0.4) is 0 Å². The average Bonchev–Trinajstić information content (AvgIpc) is 2.25. The Kier molecular flexibility index (Phi) is 4.18. The van der Waals surface area contributed by atoms with Crippen molar-refractivity contribution in [3.05, 3.63) is 29.8 Å². The Bertz CT molecular complexity index is 338. The number of hydrogen-bond donors (Lipinski definition) is 1. The second-order valence-electron chi connectivity index (χ2n) is 3.54. The van der Waals surface area contributed by atoms with Gasteiger partial charge in [0.2, 0.25) is 0 Å². The molecule has 0 fully saturated rings. The molecule has 1 aromatic carbocycles. The zero-order chi connectivity index (χ0) is 12.2. The lowest BCUT2D eigenvalue weighted by Crippen LogP contribution is -2.37. The third-order valence-corrected chi connectivity index (χ3v) is 2.30. The van der Waals surface area contributed by atoms with Crippen molar-refractivity contribution in [1.29, 1.82) is 0 Å². The first-order valence-electron chi connectivity index (χ1n) is 4.88. The number of hydrogen-bond acceptors (Lipinski definition) is 2. The van der Waals surface area contributed by atoms with Crippen LogP contribution in [0.15, 0.2) is 24.3 Å². The number of nitrogens with two attached hydrogens (primary N) is 1. The van der Waals surface area contributed by atoms with E-state index in [-0.39, 0.29) is 12.8 Å². The van der Waals surface area contributed by atoms with E-state index >= 15 is 0 Å². The predicted octanol–water partition coefficient (Wildman–Crippen LogP) is 2.52. The largest absolute Gasteiger partial charge is 0.497 e. The van der Waals surface area contributed by atoms with Crippen LogP contribution < -0.4 is 10.5 Å². The quantitative estimate of drug-likeness (QED) is 0.867. The minimum absolute atomic E-state index is 0.114. The summed E-state index contributed by atoms with van der Waals surface area (Å²) >= 11 is 0. The topological polar surface area (TPSA) is 35.2 Å². The van der Waals surface area contributed by atoms with E-state index in [2.05, 4.69) is 0 Å². The lowest BCUT2D eigenvalue weighted by molar-refractivity contribution is -0.148. The van der Waals surface area contributed by atoms with Crippen LogP contribution in [0.25, 0.3) is 0 Å². The highest BCUT2D eigenvalue weighted by molar-refractivity contribution is 5.28. The number of aryl methyl sites for hydroxylation is 1. The number of halogens is 3. The molecule has 16 heavy (non-hydrogen) atoms. The van der Waals surface area contributed by atoms with Crippen molar-refractivity contribution in [2.75, 3.05) is 7.11 Å². The van der Waals surface area contributed by atoms with Crippen LogP contribution in [0.5, 0.6) is 5.75 Å². The van der Waals surface area contributed by atoms with Gasteiger partial charge in [0.1, 0.15) is 11.8 Å². The second kappa shape index (κ2) is 5.21. The molecule has 0 aromatic heterocycles. The standard InChI is InChI=1S/C11H14F3NO/c1-16-9-4-2-3-8(7-9)5-6-10(15)11(12,13)14/h2-4,7,10H,5-6,15H2,1H3/t10-/m0/s1. The average molecular weight is 233 g/mol. The number of ether oxygens (including phenoxy) is 1. The summed E-state index contributed by atoms with van der Waals surface area (Å²) in [6, 6.07) is 5.19. The molecule has 0 radical (unpaired) electrons. The van der Waals surface area contributed by atoms with Crippen LogP contribution in [-0.2, 0) is 6.42 Å². The normalized spacial score (nSPS) is 13.6. The van der Waals surface area contributed by atoms with E-state index in [0.29, 0.717) is 5.75 Å². The van der Waals surface area contributed by atoms with Crippen LogP contribution in [0.2, 0.25) is 0 Å². The van der Waals surface area contributed by atoms with Crippen molar-refractivity contribution in [2.24, 2.45) is 5.73 Å². The van der Waals surface area contributed by atoms with Gasteiger partial charge in [-0.25, -0.2) is 0 Å². The van der Waals surface area contributed by atoms with Gasteiger partial charge in [0, 0.05) is 0 Å². The smallest absolute Gasteiger partial charge is 0.403 e. The molecule has 0 amide bonds. The summed E-state index contributed by atoms with van der Waals surface area (Å²) in [7, 11) is 1.51. The van der Waals surface area contributed by atoms with Crippen molar-refractivity contribution in [2.45, 2.75) is 25.1 Å². The molecule has 1 aromatic rings. The maximum atomic E-state index is 12.1. The summed E-state index contributed by atoms with van der Waals surface area (Å²) in [5.41, 5.74) is 5.80. The van der Waals surface area contributed by atoms with Gasteiger partial charge in [-0.2, -0.15) is 13.2 Å². The number of methoxy groups -OCH3 is 1. The Morgan fingerprint density at radius 1 is 1.38 bits per heavy atom. The molecule has 0 saturated heterocycles. The van der Waals surface area contributed by atoms with Gasteiger partial charge in [0.25, 0.3) is 0 Å². The fraction of sp³-hybridized carbons (Fsp3) is 0.455. The summed E-state index contributed by atoms with van der Waals surface area (Å²) in [6.45, 7) is 0. The first kappa shape index (κ1) is 12.8. The molecular formula is C11H14F3NO. The minimum atomic E-state index is -4.32. The second-order valence-corrected chi connectivity index (χ2v) is 3.54. The van der Waals surface area contributed by atoms with Crippen LogP contribution in [0.4, 0.5) is 13.2 Å². The SMILES string of the molecule is COc1cccc(CC[C@H](N)C(F)(F)F)c1. The van der Waals surface area contributed by atoms with Gasteiger partial charge < -0.3 is 10.5 Å². The number of rotatable bonds is 4. The van der Waals surface area contributed by atoms with Gasteiger partial charge in [-0.05, 0) is 30.5 Å². The van der Waals surface area contributed by atoms with E-state index in [1.807, 2.05) is 0 Å². The van der Waals surface area contributed by atoms with Gasteiger partial charge in [0.15, 0.2) is 0 Å². The Hall–Kier alpha value is -1.23. The highest BCUT2D eigenvalue weighted by atomic mass is 19.4. The van der Waals surface area contributed by atoms with E-state index in [1.54, 1.807) is 24.3 Å². The van der Waals surface area contributed by atoms with Crippen molar-refractivity contribution in [3.63, 3.8) is 0 Å². The third-order valence-electron chi connectivity index (χ3n) is 2.30. The Morgan fingerprint density at radius 2 is 2.06 bits per heavy atom. The summed E-state index contributed by atoms with van der Waals surface area (Å²) in [4.78, 5) is 0. The van der Waals surface area contributed by atoms with Crippen LogP contribution >= 0.6 is 0 Å². The Labute approximate surface area is 92.2 Å². The van der Waals surface area contributed by atoms with E-state index in [4.69, 9.17) is 10.5 Å². The van der Waals surface area contributed by atoms with Crippen molar-refractivity contribution >= 4 is 0 Å². The van der Waals surface area contributed by atoms with E-state index in [0.717, 1.165) is 5.56 Å². The third kappa shape index (κ3) is 3.73. The molecular weight excluding hydrogens is 219 g/mol. The molecule has 0 unspecified atom stereocenters. The van der Waals surface area contributed by atoms with Crippen LogP contribution in [0.1, 0.15) is 12.0 Å². The molecule has 2 nitrogen and oxygen atoms in total. The predicted molar refractivity (Wildman–Crippen MR) is 55.3 cm³/mol. The molecule has 1 rings (SSSR count). The molecule has 0 aliphatic heterocycles. The van der Waals surface area contributed by atoms with Gasteiger partial charge in [-0.3, -0.25) is 0 Å². The lowest BCUT2D eigenvalue weighted by atomic mass is 10.1. The molecule has 0 heterocycles. The molecule has 0 spiro atoms. The summed E-state index contributed by atoms with van der Waals surface area (Å²) in [6.07, 6.45) is -4.15. The summed E-state index contributed by atoms with van der Waals surface area (Å²) in [5, 5.41) is 0. The van der Waals surface area contributed by atoms with Gasteiger partial charge in [-0.1, -0.05) is 12.1 Å². The van der Waals surface area contributed by atoms with Crippen molar-refractivity contribution in [1.82, 2.24) is 0 Å². The molecule has 0 aliphatic rings. The fourth-order valence-corrected chi connectivity index (χ4v) is 1.31. The van der Waals surface area contributed by atoms with E-state index < -0.39 is 12.2 Å². The van der Waals surface area contributed by atoms with Crippen molar-refractivity contribution < 1.29 is 17.9 Å². The molecule has 5 heteroatoms. The molecule has 0 bridgehead atoms. The summed E-state index contributed by atoms with van der Waals surface area (Å²) in [5.74, 6) is 0.637. The highest BCUT2D eigenvalue weighted by Crippen LogP contribution is 2.22. The lowest BCUT2D eigenvalue weighted by Gasteiger charge is -2.15. The monoisotopic (exact) mass is 233 g/mol. The van der Waals surface area contributed by atoms with Gasteiger partial charge in [-0.15, -0.1) is 0 Å². The molecule has 0 saturated carbocycles. The maximum absolute atomic E-state index is 12.1. The molecule has 1 atom stereocenters. The molecule has 0 aliphatic carbocycles. The number of alkyl halides is 3. The zero-order valence-electron chi connectivity index (χ0n) is 8.92. The van der Waals surface area contributed by atoms with Crippen LogP contribution in [0, 0.1) is 0 Å². The maximum Gasteiger partial charge on any atom is 0.403 e. The fourth-order valence-electron chi connectivity index (χ4n) is 1.31. The first-order valence-corrected chi connectivity index (χ1v) is 4.88. The highest BCUT2D eigenvalue weighted by Gasteiger charge is 2.35.